The maximum Gasteiger partial charge on any atom is 0.335 e. The van der Waals surface area contributed by atoms with Crippen LogP contribution in [0.2, 0.25) is 0 Å². The van der Waals surface area contributed by atoms with Gasteiger partial charge >= 0.3 is 5.97 Å². The van der Waals surface area contributed by atoms with Gasteiger partial charge in [0.15, 0.2) is 23.3 Å². The third-order valence-corrected chi connectivity index (χ3v) is 5.45. The van der Waals surface area contributed by atoms with E-state index in [9.17, 15) is 9.59 Å². The van der Waals surface area contributed by atoms with Crippen LogP contribution in [0.25, 0.3) is 6.08 Å². The van der Waals surface area contributed by atoms with Gasteiger partial charge in [-0.3, -0.25) is 4.79 Å². The maximum absolute atomic E-state index is 12.3. The highest BCUT2D eigenvalue weighted by molar-refractivity contribution is 9.10. The largest absolute Gasteiger partial charge is 0.493 e. The SMILES string of the molecule is COc1cc(C=C2SC(=Nc3ccc(C(=O)O)cc3)NC2=O)c(Br)cc1OCC#N. The number of thioether (sulfide) groups is 1. The number of nitrogens with one attached hydrogen (secondary N) is 1. The Bertz CT molecular complexity index is 1110. The first-order valence-corrected chi connectivity index (χ1v) is 10.0. The number of amidine groups is 1. The van der Waals surface area contributed by atoms with E-state index in [0.29, 0.717) is 37.3 Å². The highest BCUT2D eigenvalue weighted by Crippen LogP contribution is 2.36. The first kappa shape index (κ1) is 21.4. The van der Waals surface area contributed by atoms with Gasteiger partial charge in [0.2, 0.25) is 0 Å². The molecule has 0 unspecified atom stereocenters. The molecule has 2 N–H and O–H groups in total. The lowest BCUT2D eigenvalue weighted by atomic mass is 10.2. The normalized spacial score (nSPS) is 15.7. The van der Waals surface area contributed by atoms with Gasteiger partial charge in [-0.25, -0.2) is 9.79 Å². The van der Waals surface area contributed by atoms with Crippen LogP contribution in [0.5, 0.6) is 11.5 Å². The Hall–Kier alpha value is -3.29. The van der Waals surface area contributed by atoms with E-state index in [-0.39, 0.29) is 18.1 Å². The predicted octanol–water partition coefficient (Wildman–Crippen LogP) is 3.95. The molecule has 10 heteroatoms. The van der Waals surface area contributed by atoms with Gasteiger partial charge in [0.25, 0.3) is 5.91 Å². The van der Waals surface area contributed by atoms with Crippen LogP contribution in [-0.4, -0.2) is 35.9 Å². The molecule has 1 saturated heterocycles. The van der Waals surface area contributed by atoms with Crippen LogP contribution in [0, 0.1) is 11.3 Å². The molecule has 0 aromatic heterocycles. The number of carbonyl (C=O) groups is 2. The molecule has 0 bridgehead atoms. The van der Waals surface area contributed by atoms with Gasteiger partial charge in [0.05, 0.1) is 23.3 Å². The van der Waals surface area contributed by atoms with E-state index in [1.54, 1.807) is 30.3 Å². The molecular weight excluding hydrogens is 474 g/mol. The summed E-state index contributed by atoms with van der Waals surface area (Å²) in [6.45, 7) is -0.116. The van der Waals surface area contributed by atoms with Gasteiger partial charge in [-0.2, -0.15) is 5.26 Å². The van der Waals surface area contributed by atoms with Crippen LogP contribution >= 0.6 is 27.7 Å². The number of benzene rings is 2. The number of carboxylic acid groups (broad SMARTS) is 1. The molecule has 0 radical (unpaired) electrons. The number of methoxy groups -OCH3 is 1. The average Bonchev–Trinajstić information content (AvgIpc) is 3.07. The highest BCUT2D eigenvalue weighted by Gasteiger charge is 2.24. The minimum Gasteiger partial charge on any atom is -0.493 e. The summed E-state index contributed by atoms with van der Waals surface area (Å²) in [7, 11) is 1.48. The molecule has 3 rings (SSSR count). The Morgan fingerprint density at radius 3 is 2.70 bits per heavy atom. The molecule has 1 aliphatic rings. The Kier molecular flexibility index (Phi) is 6.76. The summed E-state index contributed by atoms with van der Waals surface area (Å²) in [6, 6.07) is 11.3. The summed E-state index contributed by atoms with van der Waals surface area (Å²) in [5, 5.41) is 20.7. The molecule has 2 aromatic rings. The second-order valence-electron chi connectivity index (χ2n) is 5.81. The summed E-state index contributed by atoms with van der Waals surface area (Å²) < 4.78 is 11.3. The highest BCUT2D eigenvalue weighted by atomic mass is 79.9. The van der Waals surface area contributed by atoms with E-state index in [4.69, 9.17) is 19.8 Å². The van der Waals surface area contributed by atoms with Crippen molar-refractivity contribution in [3.63, 3.8) is 0 Å². The van der Waals surface area contributed by atoms with Gasteiger partial charge < -0.3 is 19.9 Å². The molecule has 152 valence electrons. The summed E-state index contributed by atoms with van der Waals surface area (Å²) in [6.07, 6.45) is 1.68. The lowest BCUT2D eigenvalue weighted by Gasteiger charge is -2.11. The fourth-order valence-corrected chi connectivity index (χ4v) is 3.73. The smallest absolute Gasteiger partial charge is 0.335 e. The van der Waals surface area contributed by atoms with Crippen LogP contribution in [-0.2, 0) is 4.79 Å². The molecule has 0 saturated carbocycles. The number of rotatable bonds is 6. The van der Waals surface area contributed by atoms with Gasteiger partial charge in [0.1, 0.15) is 6.07 Å². The fourth-order valence-electron chi connectivity index (χ4n) is 2.46. The summed E-state index contributed by atoms with van der Waals surface area (Å²) in [5.41, 5.74) is 1.36. The lowest BCUT2D eigenvalue weighted by molar-refractivity contribution is -0.115. The Labute approximate surface area is 184 Å². The van der Waals surface area contributed by atoms with E-state index >= 15 is 0 Å². The third kappa shape index (κ3) is 5.00. The number of aliphatic imine (C=N–C) groups is 1. The molecule has 8 nitrogen and oxygen atoms in total. The van der Waals surface area contributed by atoms with Crippen LogP contribution in [0.1, 0.15) is 15.9 Å². The van der Waals surface area contributed by atoms with Gasteiger partial charge in [-0.15, -0.1) is 0 Å². The number of carbonyl (C=O) groups excluding carboxylic acids is 1. The molecule has 1 aliphatic heterocycles. The molecule has 2 aromatic carbocycles. The van der Waals surface area contributed by atoms with Crippen LogP contribution in [0.15, 0.2) is 50.8 Å². The number of nitrogens with zero attached hydrogens (tertiary/aromatic N) is 2. The minimum atomic E-state index is -1.02. The zero-order valence-electron chi connectivity index (χ0n) is 15.5. The predicted molar refractivity (Wildman–Crippen MR) is 116 cm³/mol. The second-order valence-corrected chi connectivity index (χ2v) is 7.69. The van der Waals surface area contributed by atoms with Crippen molar-refractivity contribution in [1.82, 2.24) is 5.32 Å². The maximum atomic E-state index is 12.3. The van der Waals surface area contributed by atoms with E-state index in [2.05, 4.69) is 26.2 Å². The van der Waals surface area contributed by atoms with Crippen molar-refractivity contribution in [3.05, 3.63) is 56.9 Å². The van der Waals surface area contributed by atoms with Crippen molar-refractivity contribution in [2.45, 2.75) is 0 Å². The van der Waals surface area contributed by atoms with Gasteiger partial charge in [-0.1, -0.05) is 15.9 Å². The average molecular weight is 488 g/mol. The Morgan fingerprint density at radius 1 is 1.33 bits per heavy atom. The molecular formula is C20H14BrN3O5S. The number of amides is 1. The molecule has 1 amide bonds. The van der Waals surface area contributed by atoms with Crippen molar-refractivity contribution in [1.29, 1.82) is 5.26 Å². The Morgan fingerprint density at radius 2 is 2.07 bits per heavy atom. The number of hydrogen-bond donors (Lipinski definition) is 2. The number of halogens is 1. The van der Waals surface area contributed by atoms with E-state index in [1.807, 2.05) is 6.07 Å². The number of aromatic carboxylic acids is 1. The zero-order chi connectivity index (χ0) is 21.7. The topological polar surface area (TPSA) is 121 Å². The molecule has 0 spiro atoms. The van der Waals surface area contributed by atoms with Crippen molar-refractivity contribution < 1.29 is 24.2 Å². The molecule has 0 atom stereocenters. The van der Waals surface area contributed by atoms with E-state index < -0.39 is 5.97 Å². The van der Waals surface area contributed by atoms with Crippen molar-refractivity contribution in [2.75, 3.05) is 13.7 Å². The number of carboxylic acids is 1. The molecule has 1 heterocycles. The summed E-state index contributed by atoms with van der Waals surface area (Å²) >= 11 is 4.59. The summed E-state index contributed by atoms with van der Waals surface area (Å²) in [5.74, 6) is -0.496. The fraction of sp³-hybridized carbons (Fsp3) is 0.100. The lowest BCUT2D eigenvalue weighted by Crippen LogP contribution is -2.19. The number of hydrogen-bond acceptors (Lipinski definition) is 7. The zero-order valence-corrected chi connectivity index (χ0v) is 17.9. The first-order valence-electron chi connectivity index (χ1n) is 8.41. The van der Waals surface area contributed by atoms with Crippen LogP contribution < -0.4 is 14.8 Å². The van der Waals surface area contributed by atoms with E-state index in [1.165, 1.54) is 19.2 Å². The summed E-state index contributed by atoms with van der Waals surface area (Å²) in [4.78, 5) is 28.0. The standard InChI is InChI=1S/C20H14BrN3O5S/c1-28-15-8-12(14(21)10-16(15)29-7-6-22)9-17-18(25)24-20(30-17)23-13-4-2-11(3-5-13)19(26)27/h2-5,8-10H,7H2,1H3,(H,26,27)(H,23,24,25). The van der Waals surface area contributed by atoms with Crippen LogP contribution in [0.3, 0.4) is 0 Å². The quantitative estimate of drug-likeness (QED) is 0.591. The monoisotopic (exact) mass is 487 g/mol. The van der Waals surface area contributed by atoms with Crippen LogP contribution in [0.4, 0.5) is 5.69 Å². The first-order chi connectivity index (χ1) is 14.4. The van der Waals surface area contributed by atoms with Crippen molar-refractivity contribution in [2.24, 2.45) is 4.99 Å². The van der Waals surface area contributed by atoms with Crippen molar-refractivity contribution >= 4 is 56.5 Å². The van der Waals surface area contributed by atoms with E-state index in [0.717, 1.165) is 11.8 Å². The molecule has 0 aliphatic carbocycles. The third-order valence-electron chi connectivity index (χ3n) is 3.86. The van der Waals surface area contributed by atoms with Gasteiger partial charge in [-0.05, 0) is 59.8 Å². The Balaban J connectivity index is 1.84. The van der Waals surface area contributed by atoms with Crippen molar-refractivity contribution in [3.8, 4) is 17.6 Å². The number of nitriles is 1. The minimum absolute atomic E-state index is 0.116. The molecule has 30 heavy (non-hydrogen) atoms. The van der Waals surface area contributed by atoms with Gasteiger partial charge in [0, 0.05) is 4.47 Å². The molecule has 1 fully saturated rings. The second kappa shape index (κ2) is 9.47. The number of ether oxygens (including phenoxy) is 2.